The van der Waals surface area contributed by atoms with Crippen molar-refractivity contribution in [3.63, 3.8) is 0 Å². The van der Waals surface area contributed by atoms with Crippen molar-refractivity contribution in [3.05, 3.63) is 71.8 Å². The zero-order chi connectivity index (χ0) is 19.2. The van der Waals surface area contributed by atoms with Crippen LogP contribution in [0.3, 0.4) is 0 Å². The van der Waals surface area contributed by atoms with E-state index in [-0.39, 0.29) is 13.0 Å². The van der Waals surface area contributed by atoms with E-state index in [0.29, 0.717) is 11.1 Å². The molecule has 1 aliphatic rings. The minimum Gasteiger partial charge on any atom is -0.459 e. The van der Waals surface area contributed by atoms with Gasteiger partial charge in [0.1, 0.15) is 23.8 Å². The van der Waals surface area contributed by atoms with Gasteiger partial charge in [-0.25, -0.2) is 14.0 Å². The highest BCUT2D eigenvalue weighted by Crippen LogP contribution is 2.29. The molecule has 142 valence electrons. The number of hydrogen-bond donors (Lipinski definition) is 0. The van der Waals surface area contributed by atoms with E-state index in [4.69, 9.17) is 14.2 Å². The van der Waals surface area contributed by atoms with Crippen molar-refractivity contribution in [2.45, 2.75) is 29.8 Å². The number of alkyl halides is 2. The highest BCUT2D eigenvalue weighted by molar-refractivity contribution is 9.09. The molecule has 0 saturated carbocycles. The predicted octanol–water partition coefficient (Wildman–Crippen LogP) is 3.92. The molecule has 2 aromatic carbocycles. The maximum absolute atomic E-state index is 14.8. The summed E-state index contributed by atoms with van der Waals surface area (Å²) in [5, 5.41) is -0.515. The fourth-order valence-corrected chi connectivity index (χ4v) is 3.36. The van der Waals surface area contributed by atoms with Crippen molar-refractivity contribution < 1.29 is 28.2 Å². The fraction of sp³-hybridized carbons (Fsp3) is 0.300. The molecule has 0 radical (unpaired) electrons. The normalized spacial score (nSPS) is 24.8. The van der Waals surface area contributed by atoms with Crippen LogP contribution >= 0.6 is 15.9 Å². The van der Waals surface area contributed by atoms with Gasteiger partial charge in [0.2, 0.25) is 0 Å². The number of carbonyl (C=O) groups is 2. The zero-order valence-electron chi connectivity index (χ0n) is 14.3. The SMILES string of the molecule is O=C(OCC1O[C@H](Br)CC(OC(=O)c2ccccc2)[C@@H]1F)c1ccccc1. The molecule has 0 amide bonds. The lowest BCUT2D eigenvalue weighted by molar-refractivity contribution is -0.132. The maximum Gasteiger partial charge on any atom is 0.338 e. The van der Waals surface area contributed by atoms with E-state index in [9.17, 15) is 14.0 Å². The van der Waals surface area contributed by atoms with Gasteiger partial charge in [0.05, 0.1) is 11.1 Å². The number of esters is 2. The summed E-state index contributed by atoms with van der Waals surface area (Å²) >= 11 is 3.27. The molecular formula is C20H18BrFO5. The highest BCUT2D eigenvalue weighted by Gasteiger charge is 2.41. The summed E-state index contributed by atoms with van der Waals surface area (Å²) in [7, 11) is 0. The smallest absolute Gasteiger partial charge is 0.338 e. The third kappa shape index (κ3) is 5.14. The largest absolute Gasteiger partial charge is 0.459 e. The molecule has 0 bridgehead atoms. The van der Waals surface area contributed by atoms with Gasteiger partial charge in [0.15, 0.2) is 6.17 Å². The second-order valence-corrected chi connectivity index (χ2v) is 7.06. The van der Waals surface area contributed by atoms with Crippen LogP contribution in [-0.4, -0.2) is 41.9 Å². The Labute approximate surface area is 164 Å². The van der Waals surface area contributed by atoms with Crippen LogP contribution in [0.5, 0.6) is 0 Å². The minimum atomic E-state index is -1.62. The average molecular weight is 437 g/mol. The first-order chi connectivity index (χ1) is 13.0. The first-order valence-corrected chi connectivity index (χ1v) is 9.38. The number of rotatable bonds is 5. The first kappa shape index (κ1) is 19.5. The molecule has 1 saturated heterocycles. The van der Waals surface area contributed by atoms with Crippen LogP contribution < -0.4 is 0 Å². The second kappa shape index (κ2) is 9.10. The Kier molecular flexibility index (Phi) is 6.58. The van der Waals surface area contributed by atoms with Gasteiger partial charge in [0.25, 0.3) is 0 Å². The van der Waals surface area contributed by atoms with Gasteiger partial charge in [-0.2, -0.15) is 0 Å². The van der Waals surface area contributed by atoms with E-state index < -0.39 is 35.3 Å². The summed E-state index contributed by atoms with van der Waals surface area (Å²) in [4.78, 5) is 24.2. The van der Waals surface area contributed by atoms with Crippen molar-refractivity contribution in [3.8, 4) is 0 Å². The van der Waals surface area contributed by atoms with Gasteiger partial charge in [0, 0.05) is 6.42 Å². The zero-order valence-corrected chi connectivity index (χ0v) is 15.9. The van der Waals surface area contributed by atoms with Gasteiger partial charge in [-0.3, -0.25) is 0 Å². The van der Waals surface area contributed by atoms with Crippen LogP contribution in [0.15, 0.2) is 60.7 Å². The van der Waals surface area contributed by atoms with E-state index in [0.717, 1.165) is 0 Å². The van der Waals surface area contributed by atoms with Crippen molar-refractivity contribution in [1.82, 2.24) is 0 Å². The maximum atomic E-state index is 14.8. The summed E-state index contributed by atoms with van der Waals surface area (Å²) in [5.74, 6) is -1.18. The van der Waals surface area contributed by atoms with E-state index in [2.05, 4.69) is 15.9 Å². The molecule has 2 unspecified atom stereocenters. The number of halogens is 2. The third-order valence-corrected chi connectivity index (χ3v) is 4.70. The molecule has 7 heteroatoms. The quantitative estimate of drug-likeness (QED) is 0.525. The minimum absolute atomic E-state index is 0.156. The summed E-state index contributed by atoms with van der Waals surface area (Å²) in [6.45, 7) is -0.281. The van der Waals surface area contributed by atoms with Crippen LogP contribution in [0.4, 0.5) is 4.39 Å². The van der Waals surface area contributed by atoms with Crippen molar-refractivity contribution in [2.75, 3.05) is 6.61 Å². The Morgan fingerprint density at radius 3 is 2.15 bits per heavy atom. The molecule has 3 rings (SSSR count). The average Bonchev–Trinajstić information content (AvgIpc) is 2.70. The summed E-state index contributed by atoms with van der Waals surface area (Å²) < 4.78 is 30.8. The molecular weight excluding hydrogens is 419 g/mol. The molecule has 4 atom stereocenters. The second-order valence-electron chi connectivity index (χ2n) is 6.04. The molecule has 0 aliphatic carbocycles. The Bertz CT molecular complexity index is 770. The van der Waals surface area contributed by atoms with Crippen LogP contribution in [0.2, 0.25) is 0 Å². The van der Waals surface area contributed by atoms with Crippen molar-refractivity contribution >= 4 is 27.9 Å². The van der Waals surface area contributed by atoms with Gasteiger partial charge in [-0.1, -0.05) is 52.3 Å². The van der Waals surface area contributed by atoms with Crippen LogP contribution in [0.25, 0.3) is 0 Å². The van der Waals surface area contributed by atoms with Crippen LogP contribution in [-0.2, 0) is 14.2 Å². The lowest BCUT2D eigenvalue weighted by atomic mass is 10.0. The first-order valence-electron chi connectivity index (χ1n) is 8.46. The Hall–Kier alpha value is -2.25. The summed E-state index contributed by atoms with van der Waals surface area (Å²) in [5.41, 5.74) is 0.709. The van der Waals surface area contributed by atoms with Gasteiger partial charge in [-0.15, -0.1) is 0 Å². The van der Waals surface area contributed by atoms with Crippen LogP contribution in [0, 0.1) is 0 Å². The predicted molar refractivity (Wildman–Crippen MR) is 99.5 cm³/mol. The Balaban J connectivity index is 1.59. The van der Waals surface area contributed by atoms with E-state index in [1.807, 2.05) is 0 Å². The molecule has 2 aromatic rings. The molecule has 1 fully saturated rings. The molecule has 1 aliphatic heterocycles. The lowest BCUT2D eigenvalue weighted by Gasteiger charge is -2.35. The molecule has 0 aromatic heterocycles. The number of hydrogen-bond acceptors (Lipinski definition) is 5. The molecule has 0 N–H and O–H groups in total. The van der Waals surface area contributed by atoms with Gasteiger partial charge < -0.3 is 14.2 Å². The summed E-state index contributed by atoms with van der Waals surface area (Å²) in [6, 6.07) is 16.8. The van der Waals surface area contributed by atoms with Crippen LogP contribution in [0.1, 0.15) is 27.1 Å². The number of ether oxygens (including phenoxy) is 3. The molecule has 5 nitrogen and oxygen atoms in total. The Morgan fingerprint density at radius 1 is 1.00 bits per heavy atom. The van der Waals surface area contributed by atoms with Crippen molar-refractivity contribution in [2.24, 2.45) is 0 Å². The highest BCUT2D eigenvalue weighted by atomic mass is 79.9. The third-order valence-electron chi connectivity index (χ3n) is 4.11. The lowest BCUT2D eigenvalue weighted by Crippen LogP contribution is -2.48. The Morgan fingerprint density at radius 2 is 1.56 bits per heavy atom. The van der Waals surface area contributed by atoms with E-state index in [1.54, 1.807) is 60.7 Å². The summed E-state index contributed by atoms with van der Waals surface area (Å²) in [6.07, 6.45) is -3.50. The standard InChI is InChI=1S/C20H18BrFO5/c21-17-11-15(27-20(24)14-9-5-2-6-10-14)18(22)16(26-17)12-25-19(23)13-7-3-1-4-8-13/h1-10,15-18H,11-12H2/t15?,16?,17-,18-/m0/s1. The fourth-order valence-electron chi connectivity index (χ4n) is 2.71. The van der Waals surface area contributed by atoms with E-state index in [1.165, 1.54) is 0 Å². The van der Waals surface area contributed by atoms with Gasteiger partial charge in [-0.05, 0) is 24.3 Å². The molecule has 27 heavy (non-hydrogen) atoms. The monoisotopic (exact) mass is 436 g/mol. The number of carbonyl (C=O) groups excluding carboxylic acids is 2. The molecule has 1 heterocycles. The number of benzene rings is 2. The molecule has 0 spiro atoms. The topological polar surface area (TPSA) is 61.8 Å². The van der Waals surface area contributed by atoms with E-state index >= 15 is 0 Å². The van der Waals surface area contributed by atoms with Gasteiger partial charge >= 0.3 is 11.9 Å². The van der Waals surface area contributed by atoms with Crippen molar-refractivity contribution in [1.29, 1.82) is 0 Å².